The fourth-order valence-corrected chi connectivity index (χ4v) is 4.52. The fourth-order valence-electron chi connectivity index (χ4n) is 4.52. The summed E-state index contributed by atoms with van der Waals surface area (Å²) in [4.78, 5) is 0. The van der Waals surface area contributed by atoms with Crippen molar-refractivity contribution < 1.29 is 15.3 Å². The molecule has 1 aromatic carbocycles. The van der Waals surface area contributed by atoms with Gasteiger partial charge in [-0.25, -0.2) is 0 Å². The zero-order valence-electron chi connectivity index (χ0n) is 16.9. The van der Waals surface area contributed by atoms with Gasteiger partial charge in [-0.2, -0.15) is 0 Å². The first kappa shape index (κ1) is 21.2. The standard InChI is InChI=1S/C23H38O3/c1-4-5-6-7-13-23(2,3)18-9-11-20(22(26)15-18)21-16-19(25)10-8-17(21)12-14-24/h9,11,15,17,19,21,24-26H,4-8,10,12-14,16H2,1-3H3/t17-,19+,21+/m1/s1. The Bertz CT molecular complexity index is 552. The van der Waals surface area contributed by atoms with E-state index in [2.05, 4.69) is 32.9 Å². The highest BCUT2D eigenvalue weighted by Gasteiger charge is 2.32. The third kappa shape index (κ3) is 5.47. The van der Waals surface area contributed by atoms with E-state index in [1.54, 1.807) is 0 Å². The van der Waals surface area contributed by atoms with Crippen LogP contribution in [0.3, 0.4) is 0 Å². The van der Waals surface area contributed by atoms with Crippen LogP contribution in [0.25, 0.3) is 0 Å². The van der Waals surface area contributed by atoms with E-state index < -0.39 is 0 Å². The first-order chi connectivity index (χ1) is 12.4. The van der Waals surface area contributed by atoms with E-state index in [4.69, 9.17) is 0 Å². The molecule has 1 fully saturated rings. The van der Waals surface area contributed by atoms with Gasteiger partial charge in [0.05, 0.1) is 6.10 Å². The Balaban J connectivity index is 2.14. The normalized spacial score (nSPS) is 24.0. The van der Waals surface area contributed by atoms with Crippen molar-refractivity contribution in [3.63, 3.8) is 0 Å². The molecule has 0 spiro atoms. The number of hydrogen-bond donors (Lipinski definition) is 3. The lowest BCUT2D eigenvalue weighted by atomic mass is 9.72. The highest BCUT2D eigenvalue weighted by Crippen LogP contribution is 2.44. The van der Waals surface area contributed by atoms with Crippen LogP contribution in [0.15, 0.2) is 18.2 Å². The molecule has 0 unspecified atom stereocenters. The summed E-state index contributed by atoms with van der Waals surface area (Å²) < 4.78 is 0. The van der Waals surface area contributed by atoms with E-state index >= 15 is 0 Å². The Hall–Kier alpha value is -1.06. The molecule has 1 aromatic rings. The molecule has 1 aliphatic carbocycles. The van der Waals surface area contributed by atoms with Gasteiger partial charge < -0.3 is 15.3 Å². The maximum Gasteiger partial charge on any atom is 0.119 e. The van der Waals surface area contributed by atoms with Crippen molar-refractivity contribution in [3.05, 3.63) is 29.3 Å². The van der Waals surface area contributed by atoms with Crippen molar-refractivity contribution >= 4 is 0 Å². The molecule has 1 saturated carbocycles. The molecule has 3 N–H and O–H groups in total. The van der Waals surface area contributed by atoms with E-state index in [0.717, 1.165) is 31.2 Å². The van der Waals surface area contributed by atoms with Gasteiger partial charge >= 0.3 is 0 Å². The van der Waals surface area contributed by atoms with Gasteiger partial charge in [0.1, 0.15) is 5.75 Å². The molecule has 0 aromatic heterocycles. The smallest absolute Gasteiger partial charge is 0.119 e. The molecule has 26 heavy (non-hydrogen) atoms. The Kier molecular flexibility index (Phi) is 7.97. The number of hydrogen-bond acceptors (Lipinski definition) is 3. The number of aromatic hydroxyl groups is 1. The van der Waals surface area contributed by atoms with Crippen LogP contribution in [0, 0.1) is 5.92 Å². The minimum absolute atomic E-state index is 0.0559. The van der Waals surface area contributed by atoms with E-state index in [1.165, 1.54) is 31.2 Å². The Labute approximate surface area is 159 Å². The molecule has 3 nitrogen and oxygen atoms in total. The lowest BCUT2D eigenvalue weighted by Crippen LogP contribution is -2.27. The number of rotatable bonds is 9. The minimum atomic E-state index is -0.302. The zero-order valence-corrected chi connectivity index (χ0v) is 16.9. The first-order valence-corrected chi connectivity index (χ1v) is 10.5. The van der Waals surface area contributed by atoms with Gasteiger partial charge in [0, 0.05) is 6.61 Å². The molecule has 0 amide bonds. The summed E-state index contributed by atoms with van der Waals surface area (Å²) in [5.74, 6) is 0.820. The van der Waals surface area contributed by atoms with Gasteiger partial charge in [-0.1, -0.05) is 58.6 Å². The average molecular weight is 363 g/mol. The molecule has 0 radical (unpaired) electrons. The molecule has 148 valence electrons. The number of benzene rings is 1. The largest absolute Gasteiger partial charge is 0.508 e. The summed E-state index contributed by atoms with van der Waals surface area (Å²) in [5, 5.41) is 30.2. The van der Waals surface area contributed by atoms with Gasteiger partial charge in [0.2, 0.25) is 0 Å². The molecular weight excluding hydrogens is 324 g/mol. The highest BCUT2D eigenvalue weighted by atomic mass is 16.3. The van der Waals surface area contributed by atoms with E-state index in [1.807, 2.05) is 6.07 Å². The second kappa shape index (κ2) is 9.75. The highest BCUT2D eigenvalue weighted by molar-refractivity contribution is 5.42. The van der Waals surface area contributed by atoms with Gasteiger partial charge in [-0.15, -0.1) is 0 Å². The van der Waals surface area contributed by atoms with Crippen LogP contribution in [0.4, 0.5) is 0 Å². The molecule has 0 aliphatic heterocycles. The lowest BCUT2D eigenvalue weighted by Gasteiger charge is -2.35. The topological polar surface area (TPSA) is 60.7 Å². The van der Waals surface area contributed by atoms with E-state index in [9.17, 15) is 15.3 Å². The Morgan fingerprint density at radius 1 is 1.12 bits per heavy atom. The SMILES string of the molecule is CCCCCCC(C)(C)c1ccc([C@H]2C[C@@H](O)CC[C@@H]2CCO)c(O)c1. The summed E-state index contributed by atoms with van der Waals surface area (Å²) in [6.07, 6.45) is 8.98. The van der Waals surface area contributed by atoms with Crippen LogP contribution in [0.1, 0.15) is 95.6 Å². The maximum absolute atomic E-state index is 10.7. The monoisotopic (exact) mass is 362 g/mol. The number of phenols is 1. The van der Waals surface area contributed by atoms with Gasteiger partial charge in [-0.3, -0.25) is 0 Å². The molecule has 0 saturated heterocycles. The predicted molar refractivity (Wildman–Crippen MR) is 108 cm³/mol. The van der Waals surface area contributed by atoms with Crippen molar-refractivity contribution in [2.45, 2.75) is 96.0 Å². The quantitative estimate of drug-likeness (QED) is 0.525. The first-order valence-electron chi connectivity index (χ1n) is 10.5. The van der Waals surface area contributed by atoms with Crippen LogP contribution in [-0.2, 0) is 5.41 Å². The summed E-state index contributed by atoms with van der Waals surface area (Å²) in [7, 11) is 0. The zero-order chi connectivity index (χ0) is 19.2. The van der Waals surface area contributed by atoms with Crippen LogP contribution in [0.5, 0.6) is 5.75 Å². The van der Waals surface area contributed by atoms with Crippen molar-refractivity contribution in [2.24, 2.45) is 5.92 Å². The molecular formula is C23H38O3. The minimum Gasteiger partial charge on any atom is -0.508 e. The summed E-state index contributed by atoms with van der Waals surface area (Å²) in [5.41, 5.74) is 2.18. The van der Waals surface area contributed by atoms with Crippen LogP contribution < -0.4 is 0 Å². The van der Waals surface area contributed by atoms with Crippen molar-refractivity contribution in [3.8, 4) is 5.75 Å². The lowest BCUT2D eigenvalue weighted by molar-refractivity contribution is 0.0835. The number of aliphatic hydroxyl groups excluding tert-OH is 2. The second-order valence-corrected chi connectivity index (χ2v) is 8.81. The Morgan fingerprint density at radius 2 is 1.88 bits per heavy atom. The molecule has 3 heteroatoms. The third-order valence-electron chi connectivity index (χ3n) is 6.33. The number of unbranched alkanes of at least 4 members (excludes halogenated alkanes) is 3. The fraction of sp³-hybridized carbons (Fsp3) is 0.739. The second-order valence-electron chi connectivity index (χ2n) is 8.81. The van der Waals surface area contributed by atoms with Crippen molar-refractivity contribution in [1.29, 1.82) is 0 Å². The Morgan fingerprint density at radius 3 is 2.54 bits per heavy atom. The molecule has 3 atom stereocenters. The summed E-state index contributed by atoms with van der Waals surface area (Å²) >= 11 is 0. The van der Waals surface area contributed by atoms with Crippen LogP contribution >= 0.6 is 0 Å². The number of aliphatic hydroxyl groups is 2. The molecule has 2 rings (SSSR count). The van der Waals surface area contributed by atoms with Crippen molar-refractivity contribution in [2.75, 3.05) is 6.61 Å². The summed E-state index contributed by atoms with van der Waals surface area (Å²) in [6.45, 7) is 6.91. The van der Waals surface area contributed by atoms with Gasteiger partial charge in [0.25, 0.3) is 0 Å². The van der Waals surface area contributed by atoms with Gasteiger partial charge in [-0.05, 0) is 66.5 Å². The third-order valence-corrected chi connectivity index (χ3v) is 6.33. The molecule has 0 heterocycles. The summed E-state index contributed by atoms with van der Waals surface area (Å²) in [6, 6.07) is 6.16. The average Bonchev–Trinajstić information content (AvgIpc) is 2.60. The van der Waals surface area contributed by atoms with E-state index in [0.29, 0.717) is 18.1 Å². The number of phenolic OH excluding ortho intramolecular Hbond substituents is 1. The molecule has 1 aliphatic rings. The van der Waals surface area contributed by atoms with E-state index in [-0.39, 0.29) is 24.0 Å². The van der Waals surface area contributed by atoms with Gasteiger partial charge in [0.15, 0.2) is 0 Å². The predicted octanol–water partition coefficient (Wildman–Crippen LogP) is 5.27. The van der Waals surface area contributed by atoms with Crippen LogP contribution in [-0.4, -0.2) is 28.0 Å². The molecule has 0 bridgehead atoms. The maximum atomic E-state index is 10.7. The van der Waals surface area contributed by atoms with Crippen molar-refractivity contribution in [1.82, 2.24) is 0 Å². The van der Waals surface area contributed by atoms with Crippen LogP contribution in [0.2, 0.25) is 0 Å².